The number of nitrogens with one attached hydrogen (secondary N) is 1. The van der Waals surface area contributed by atoms with Crippen molar-refractivity contribution in [3.63, 3.8) is 0 Å². The highest BCUT2D eigenvalue weighted by atomic mass is 32.2. The molecule has 1 amide bonds. The molecule has 1 N–H and O–H groups in total. The first-order chi connectivity index (χ1) is 17.1. The van der Waals surface area contributed by atoms with E-state index in [1.165, 1.54) is 11.3 Å². The van der Waals surface area contributed by atoms with Crippen molar-refractivity contribution in [3.05, 3.63) is 94.5 Å². The second kappa shape index (κ2) is 10.4. The third-order valence-electron chi connectivity index (χ3n) is 5.65. The van der Waals surface area contributed by atoms with Crippen molar-refractivity contribution in [2.45, 2.75) is 17.4 Å². The number of carbonyl (C=O) groups is 1. The van der Waals surface area contributed by atoms with Crippen molar-refractivity contribution in [3.8, 4) is 23.0 Å². The fourth-order valence-corrected chi connectivity index (χ4v) is 5.70. The number of fused-ring (bicyclic) bond motifs is 2. The molecule has 35 heavy (non-hydrogen) atoms. The Morgan fingerprint density at radius 1 is 0.971 bits per heavy atom. The monoisotopic (exact) mass is 504 g/mol. The summed E-state index contributed by atoms with van der Waals surface area (Å²) < 4.78 is 16.7. The van der Waals surface area contributed by atoms with Crippen LogP contribution in [0.5, 0.6) is 23.0 Å². The molecule has 0 spiro atoms. The van der Waals surface area contributed by atoms with Crippen molar-refractivity contribution in [1.82, 2.24) is 4.98 Å². The standard InChI is InChI=1S/C27H24N2O4S2/c1-31-19-11-17(12-20(13-19)32-2)14-34-15-18-16-35-27(28-18)29-26(30)25-21-7-3-5-9-23(21)33-24-10-6-4-8-22(24)25/h3-13,16,25H,14-15H2,1-2H3,(H,28,29,30). The molecule has 5 rings (SSSR count). The second-order valence-electron chi connectivity index (χ2n) is 7.96. The Labute approximate surface area is 212 Å². The van der Waals surface area contributed by atoms with Gasteiger partial charge in [-0.15, -0.1) is 11.3 Å². The highest BCUT2D eigenvalue weighted by Crippen LogP contribution is 2.44. The van der Waals surface area contributed by atoms with Gasteiger partial charge in [0.05, 0.1) is 25.8 Å². The lowest BCUT2D eigenvalue weighted by Gasteiger charge is -2.27. The molecule has 0 unspecified atom stereocenters. The molecule has 1 aliphatic rings. The molecular weight excluding hydrogens is 480 g/mol. The summed E-state index contributed by atoms with van der Waals surface area (Å²) in [6.07, 6.45) is 0. The molecule has 0 radical (unpaired) electrons. The number of aromatic nitrogens is 1. The summed E-state index contributed by atoms with van der Waals surface area (Å²) in [5.74, 6) is 3.90. The molecule has 8 heteroatoms. The molecule has 4 aromatic rings. The molecule has 0 saturated heterocycles. The third kappa shape index (κ3) is 5.13. The molecule has 6 nitrogen and oxygen atoms in total. The van der Waals surface area contributed by atoms with E-state index in [2.05, 4.69) is 10.3 Å². The molecule has 3 aromatic carbocycles. The fourth-order valence-electron chi connectivity index (χ4n) is 4.02. The largest absolute Gasteiger partial charge is 0.497 e. The summed E-state index contributed by atoms with van der Waals surface area (Å²) in [6, 6.07) is 21.2. The Balaban J connectivity index is 1.25. The van der Waals surface area contributed by atoms with Crippen molar-refractivity contribution in [2.24, 2.45) is 0 Å². The van der Waals surface area contributed by atoms with Gasteiger partial charge in [-0.2, -0.15) is 11.8 Å². The maximum atomic E-state index is 13.4. The van der Waals surface area contributed by atoms with Crippen molar-refractivity contribution in [1.29, 1.82) is 0 Å². The van der Waals surface area contributed by atoms with Crippen LogP contribution in [0.25, 0.3) is 0 Å². The molecule has 1 aromatic heterocycles. The zero-order valence-electron chi connectivity index (χ0n) is 19.3. The van der Waals surface area contributed by atoms with E-state index >= 15 is 0 Å². The number of thioether (sulfide) groups is 1. The van der Waals surface area contributed by atoms with E-state index in [4.69, 9.17) is 14.2 Å². The Hall–Kier alpha value is -3.49. The number of thiazole rings is 1. The van der Waals surface area contributed by atoms with Crippen molar-refractivity contribution >= 4 is 34.1 Å². The van der Waals surface area contributed by atoms with Gasteiger partial charge in [0.25, 0.3) is 0 Å². The van der Waals surface area contributed by atoms with Gasteiger partial charge in [-0.1, -0.05) is 36.4 Å². The van der Waals surface area contributed by atoms with Crippen molar-refractivity contribution in [2.75, 3.05) is 19.5 Å². The van der Waals surface area contributed by atoms with Gasteiger partial charge >= 0.3 is 0 Å². The Kier molecular flexibility index (Phi) is 6.92. The summed E-state index contributed by atoms with van der Waals surface area (Å²) >= 11 is 3.18. The lowest BCUT2D eigenvalue weighted by Crippen LogP contribution is -2.25. The van der Waals surface area contributed by atoms with Crippen molar-refractivity contribution < 1.29 is 19.0 Å². The molecule has 0 bridgehead atoms. The summed E-state index contributed by atoms with van der Waals surface area (Å²) in [5, 5.41) is 5.60. The lowest BCUT2D eigenvalue weighted by atomic mass is 9.87. The van der Waals surface area contributed by atoms with Crippen LogP contribution in [0, 0.1) is 0 Å². The number of hydrogen-bond donors (Lipinski definition) is 1. The number of hydrogen-bond acceptors (Lipinski definition) is 7. The molecule has 0 saturated carbocycles. The third-order valence-corrected chi connectivity index (χ3v) is 7.50. The van der Waals surface area contributed by atoms with Gasteiger partial charge in [-0.05, 0) is 29.8 Å². The smallest absolute Gasteiger partial charge is 0.238 e. The first-order valence-corrected chi connectivity index (χ1v) is 13.1. The van der Waals surface area contributed by atoms with E-state index in [0.29, 0.717) is 16.6 Å². The van der Waals surface area contributed by atoms with Crippen LogP contribution in [0.4, 0.5) is 5.13 Å². The number of nitrogens with zero attached hydrogens (tertiary/aromatic N) is 1. The number of carbonyl (C=O) groups excluding carboxylic acids is 1. The first kappa shape index (κ1) is 23.3. The average molecular weight is 505 g/mol. The van der Waals surface area contributed by atoms with Crippen LogP contribution in [0.2, 0.25) is 0 Å². The highest BCUT2D eigenvalue weighted by Gasteiger charge is 2.32. The molecule has 0 atom stereocenters. The summed E-state index contributed by atoms with van der Waals surface area (Å²) in [5.41, 5.74) is 3.75. The minimum atomic E-state index is -0.457. The minimum absolute atomic E-state index is 0.120. The number of para-hydroxylation sites is 2. The van der Waals surface area contributed by atoms with E-state index in [1.54, 1.807) is 26.0 Å². The fraction of sp³-hybridized carbons (Fsp3) is 0.185. The predicted octanol–water partition coefficient (Wildman–Crippen LogP) is 6.47. The van der Waals surface area contributed by atoms with Crippen LogP contribution in [0.15, 0.2) is 72.1 Å². The van der Waals surface area contributed by atoms with Crippen LogP contribution in [0.3, 0.4) is 0 Å². The van der Waals surface area contributed by atoms with Gasteiger partial charge < -0.3 is 19.5 Å². The molecule has 178 valence electrons. The maximum Gasteiger partial charge on any atom is 0.238 e. The number of amides is 1. The van der Waals surface area contributed by atoms with Crippen LogP contribution >= 0.6 is 23.1 Å². The zero-order chi connectivity index (χ0) is 24.2. The van der Waals surface area contributed by atoms with Gasteiger partial charge in [0.2, 0.25) is 5.91 Å². The Morgan fingerprint density at radius 2 is 1.60 bits per heavy atom. The van der Waals surface area contributed by atoms with E-state index in [0.717, 1.165) is 45.4 Å². The molecular formula is C27H24N2O4S2. The number of ether oxygens (including phenoxy) is 3. The lowest BCUT2D eigenvalue weighted by molar-refractivity contribution is -0.116. The topological polar surface area (TPSA) is 69.7 Å². The van der Waals surface area contributed by atoms with Crippen LogP contribution in [-0.2, 0) is 16.3 Å². The van der Waals surface area contributed by atoms with Crippen LogP contribution < -0.4 is 19.5 Å². The summed E-state index contributed by atoms with van der Waals surface area (Å²) in [6.45, 7) is 0. The quantitative estimate of drug-likeness (QED) is 0.297. The van der Waals surface area contributed by atoms with Gasteiger partial charge in [0.1, 0.15) is 23.0 Å². The first-order valence-electron chi connectivity index (χ1n) is 11.1. The summed E-state index contributed by atoms with van der Waals surface area (Å²) in [4.78, 5) is 18.0. The second-order valence-corrected chi connectivity index (χ2v) is 9.80. The molecule has 1 aliphatic heterocycles. The number of anilines is 1. The zero-order valence-corrected chi connectivity index (χ0v) is 20.9. The van der Waals surface area contributed by atoms with E-state index < -0.39 is 5.92 Å². The van der Waals surface area contributed by atoms with Gasteiger partial charge in [0, 0.05) is 34.1 Å². The van der Waals surface area contributed by atoms with Gasteiger partial charge in [-0.3, -0.25) is 4.79 Å². The summed E-state index contributed by atoms with van der Waals surface area (Å²) in [7, 11) is 3.29. The Bertz CT molecular complexity index is 1290. The highest BCUT2D eigenvalue weighted by molar-refractivity contribution is 7.97. The number of rotatable bonds is 8. The van der Waals surface area contributed by atoms with Crippen LogP contribution in [0.1, 0.15) is 28.3 Å². The molecule has 0 aliphatic carbocycles. The Morgan fingerprint density at radius 3 is 2.23 bits per heavy atom. The van der Waals surface area contributed by atoms with E-state index in [-0.39, 0.29) is 5.91 Å². The van der Waals surface area contributed by atoms with Crippen LogP contribution in [-0.4, -0.2) is 25.1 Å². The van der Waals surface area contributed by atoms with Gasteiger partial charge in [0.15, 0.2) is 5.13 Å². The molecule has 2 heterocycles. The maximum absolute atomic E-state index is 13.4. The SMILES string of the molecule is COc1cc(CSCc2csc(NC(=O)C3c4ccccc4Oc4ccccc43)n2)cc(OC)c1. The number of benzene rings is 3. The van der Waals surface area contributed by atoms with Gasteiger partial charge in [-0.25, -0.2) is 4.98 Å². The average Bonchev–Trinajstić information content (AvgIpc) is 3.33. The number of methoxy groups -OCH3 is 2. The minimum Gasteiger partial charge on any atom is -0.497 e. The normalized spacial score (nSPS) is 12.3. The van der Waals surface area contributed by atoms with E-state index in [1.807, 2.05) is 72.1 Å². The molecule has 0 fully saturated rings. The van der Waals surface area contributed by atoms with E-state index in [9.17, 15) is 4.79 Å². The predicted molar refractivity (Wildman–Crippen MR) is 140 cm³/mol.